The van der Waals surface area contributed by atoms with Gasteiger partial charge in [0.1, 0.15) is 6.29 Å². The highest BCUT2D eigenvalue weighted by Crippen LogP contribution is 1.96. The second kappa shape index (κ2) is 7.60. The van der Waals surface area contributed by atoms with E-state index < -0.39 is 11.4 Å². The van der Waals surface area contributed by atoms with E-state index in [1.54, 1.807) is 0 Å². The van der Waals surface area contributed by atoms with Crippen molar-refractivity contribution in [3.05, 3.63) is 35.9 Å². The van der Waals surface area contributed by atoms with E-state index in [9.17, 15) is 4.79 Å². The normalized spacial score (nSPS) is 8.85. The maximum atomic E-state index is 9.97. The van der Waals surface area contributed by atoms with Crippen molar-refractivity contribution in [3.8, 4) is 0 Å². The van der Waals surface area contributed by atoms with Crippen LogP contribution in [0.3, 0.4) is 0 Å². The lowest BCUT2D eigenvalue weighted by molar-refractivity contribution is -0.107. The first-order chi connectivity index (χ1) is 6.16. The molecule has 0 heterocycles. The Labute approximate surface area is 78.7 Å². The molecule has 0 saturated carbocycles. The lowest BCUT2D eigenvalue weighted by atomic mass is 10.2. The number of aldehydes is 1. The van der Waals surface area contributed by atoms with Gasteiger partial charge in [0.2, 0.25) is 0 Å². The van der Waals surface area contributed by atoms with E-state index in [-0.39, 0.29) is 0 Å². The Balaban J connectivity index is 0.000000310. The van der Waals surface area contributed by atoms with Crippen LogP contribution in [-0.4, -0.2) is 19.6 Å². The van der Waals surface area contributed by atoms with Crippen molar-refractivity contribution in [2.75, 3.05) is 0 Å². The molecule has 0 fully saturated rings. The maximum absolute atomic E-state index is 9.97. The molecule has 0 aromatic heterocycles. The van der Waals surface area contributed by atoms with Gasteiger partial charge < -0.3 is 4.79 Å². The lowest BCUT2D eigenvalue weighted by Gasteiger charge is -1.89. The fourth-order valence-corrected chi connectivity index (χ4v) is 0.710. The van der Waals surface area contributed by atoms with Gasteiger partial charge in [-0.2, -0.15) is 4.21 Å². The second-order valence-corrected chi connectivity index (χ2v) is 2.55. The molecule has 0 spiro atoms. The zero-order chi connectivity index (χ0) is 10.1. The standard InChI is InChI=1S/C8H8O.H2O3S/c9-7-6-8-4-2-1-3-5-8;1-4(2)3/h1-5,7H,6H2;(H2,1,2,3). The molecule has 2 N–H and O–H groups in total. The van der Waals surface area contributed by atoms with E-state index in [1.807, 2.05) is 30.3 Å². The van der Waals surface area contributed by atoms with Gasteiger partial charge in [-0.3, -0.25) is 9.11 Å². The minimum Gasteiger partial charge on any atom is -0.303 e. The van der Waals surface area contributed by atoms with E-state index in [1.165, 1.54) is 0 Å². The molecule has 0 radical (unpaired) electrons. The van der Waals surface area contributed by atoms with Crippen LogP contribution in [0.25, 0.3) is 0 Å². The molecular formula is C8H10O4S. The third kappa shape index (κ3) is 8.87. The van der Waals surface area contributed by atoms with E-state index in [4.69, 9.17) is 13.3 Å². The van der Waals surface area contributed by atoms with Crippen LogP contribution in [0.15, 0.2) is 30.3 Å². The van der Waals surface area contributed by atoms with E-state index in [0.717, 1.165) is 11.8 Å². The Kier molecular flexibility index (Phi) is 6.99. The molecule has 0 bridgehead atoms. The Morgan fingerprint density at radius 1 is 1.23 bits per heavy atom. The van der Waals surface area contributed by atoms with Gasteiger partial charge in [0.05, 0.1) is 0 Å². The van der Waals surface area contributed by atoms with E-state index >= 15 is 0 Å². The Morgan fingerprint density at radius 3 is 2.08 bits per heavy atom. The first kappa shape index (κ1) is 12.0. The molecule has 0 aliphatic carbocycles. The Morgan fingerprint density at radius 2 is 1.69 bits per heavy atom. The Bertz CT molecular complexity index is 256. The molecule has 72 valence electrons. The largest absolute Gasteiger partial charge is 0.303 e. The molecule has 13 heavy (non-hydrogen) atoms. The summed E-state index contributed by atoms with van der Waals surface area (Å²) in [6, 6.07) is 9.68. The van der Waals surface area contributed by atoms with Crippen molar-refractivity contribution in [3.63, 3.8) is 0 Å². The molecule has 1 aromatic carbocycles. The second-order valence-electron chi connectivity index (χ2n) is 2.09. The maximum Gasteiger partial charge on any atom is 0.299 e. The number of hydrogen-bond acceptors (Lipinski definition) is 2. The molecule has 0 saturated heterocycles. The molecule has 0 atom stereocenters. The summed E-state index contributed by atoms with van der Waals surface area (Å²) in [6.45, 7) is 0. The Hall–Kier alpha value is -1.04. The molecule has 0 aliphatic heterocycles. The van der Waals surface area contributed by atoms with Gasteiger partial charge in [0.25, 0.3) is 11.4 Å². The third-order valence-electron chi connectivity index (χ3n) is 1.16. The minimum absolute atomic E-state index is 0.529. The quantitative estimate of drug-likeness (QED) is 0.556. The number of benzene rings is 1. The van der Waals surface area contributed by atoms with Crippen LogP contribution in [0, 0.1) is 0 Å². The van der Waals surface area contributed by atoms with Gasteiger partial charge in [0.15, 0.2) is 0 Å². The van der Waals surface area contributed by atoms with Crippen LogP contribution < -0.4 is 0 Å². The first-order valence-corrected chi connectivity index (χ1v) is 4.50. The highest BCUT2D eigenvalue weighted by Gasteiger charge is 1.84. The van der Waals surface area contributed by atoms with Crippen LogP contribution in [0.5, 0.6) is 0 Å². The average molecular weight is 202 g/mol. The van der Waals surface area contributed by atoms with Crippen molar-refractivity contribution in [1.82, 2.24) is 0 Å². The van der Waals surface area contributed by atoms with Gasteiger partial charge in [-0.25, -0.2) is 0 Å². The van der Waals surface area contributed by atoms with Crippen molar-refractivity contribution in [2.45, 2.75) is 6.42 Å². The molecular weight excluding hydrogens is 192 g/mol. The fourth-order valence-electron chi connectivity index (χ4n) is 0.710. The van der Waals surface area contributed by atoms with Gasteiger partial charge in [-0.05, 0) is 5.56 Å². The zero-order valence-corrected chi connectivity index (χ0v) is 7.61. The fraction of sp³-hybridized carbons (Fsp3) is 0.125. The molecule has 4 nitrogen and oxygen atoms in total. The number of carbonyl (C=O) groups is 1. The lowest BCUT2D eigenvalue weighted by Crippen LogP contribution is -1.82. The van der Waals surface area contributed by atoms with E-state index in [0.29, 0.717) is 6.42 Å². The van der Waals surface area contributed by atoms with Crippen molar-refractivity contribution in [2.24, 2.45) is 0 Å². The summed E-state index contributed by atoms with van der Waals surface area (Å²) in [5.41, 5.74) is 1.08. The van der Waals surface area contributed by atoms with Gasteiger partial charge in [-0.1, -0.05) is 30.3 Å². The van der Waals surface area contributed by atoms with Crippen LogP contribution in [0.2, 0.25) is 0 Å². The smallest absolute Gasteiger partial charge is 0.299 e. The molecule has 0 amide bonds. The molecule has 1 aromatic rings. The van der Waals surface area contributed by atoms with Gasteiger partial charge >= 0.3 is 0 Å². The molecule has 0 unspecified atom stereocenters. The average Bonchev–Trinajstić information content (AvgIpc) is 2.06. The first-order valence-electron chi connectivity index (χ1n) is 3.44. The highest BCUT2D eigenvalue weighted by atomic mass is 32.2. The predicted molar refractivity (Wildman–Crippen MR) is 49.6 cm³/mol. The summed E-state index contributed by atoms with van der Waals surface area (Å²) in [4.78, 5) is 9.97. The summed E-state index contributed by atoms with van der Waals surface area (Å²) < 4.78 is 22.8. The van der Waals surface area contributed by atoms with Crippen molar-refractivity contribution in [1.29, 1.82) is 0 Å². The van der Waals surface area contributed by atoms with Crippen molar-refractivity contribution < 1.29 is 18.1 Å². The van der Waals surface area contributed by atoms with Crippen LogP contribution in [0.4, 0.5) is 0 Å². The van der Waals surface area contributed by atoms with Gasteiger partial charge in [-0.15, -0.1) is 0 Å². The highest BCUT2D eigenvalue weighted by molar-refractivity contribution is 7.73. The topological polar surface area (TPSA) is 74.6 Å². The summed E-state index contributed by atoms with van der Waals surface area (Å²) in [6.07, 6.45) is 1.44. The van der Waals surface area contributed by atoms with Crippen LogP contribution in [-0.2, 0) is 22.6 Å². The summed E-state index contributed by atoms with van der Waals surface area (Å²) in [7, 11) is 0. The van der Waals surface area contributed by atoms with Crippen molar-refractivity contribution >= 4 is 17.6 Å². The van der Waals surface area contributed by atoms with Crippen LogP contribution in [0.1, 0.15) is 5.56 Å². The molecule has 5 heteroatoms. The monoisotopic (exact) mass is 202 g/mol. The van der Waals surface area contributed by atoms with Gasteiger partial charge in [0, 0.05) is 6.42 Å². The number of carbonyl (C=O) groups excluding carboxylic acids is 1. The summed E-state index contributed by atoms with van der Waals surface area (Å²) in [5, 5.41) is 0. The van der Waals surface area contributed by atoms with Crippen LogP contribution >= 0.6 is 0 Å². The third-order valence-corrected chi connectivity index (χ3v) is 1.16. The zero-order valence-electron chi connectivity index (χ0n) is 6.79. The summed E-state index contributed by atoms with van der Waals surface area (Å²) in [5.74, 6) is 0. The number of hydrogen-bond donors (Lipinski definition) is 2. The molecule has 0 aliphatic rings. The minimum atomic E-state index is -2.61. The van der Waals surface area contributed by atoms with E-state index in [2.05, 4.69) is 0 Å². The summed E-state index contributed by atoms with van der Waals surface area (Å²) >= 11 is -2.61. The number of rotatable bonds is 2. The predicted octanol–water partition coefficient (Wildman–Crippen LogP) is 1.11. The SMILES string of the molecule is O=CCc1ccccc1.O=S(O)O. The molecule has 1 rings (SSSR count).